The molecule has 0 spiro atoms. The van der Waals surface area contributed by atoms with Crippen LogP contribution in [0.25, 0.3) is 0 Å². The van der Waals surface area contributed by atoms with Gasteiger partial charge in [-0.3, -0.25) is 0 Å². The third-order valence-electron chi connectivity index (χ3n) is 2.47. The Morgan fingerprint density at radius 1 is 1.36 bits per heavy atom. The van der Waals surface area contributed by atoms with Gasteiger partial charge < -0.3 is 14.8 Å². The Labute approximate surface area is 68.1 Å². The van der Waals surface area contributed by atoms with Gasteiger partial charge in [-0.2, -0.15) is 0 Å². The molecule has 0 unspecified atom stereocenters. The van der Waals surface area contributed by atoms with Gasteiger partial charge in [-0.1, -0.05) is 0 Å². The van der Waals surface area contributed by atoms with E-state index in [1.165, 1.54) is 12.8 Å². The van der Waals surface area contributed by atoms with Crippen LogP contribution in [-0.4, -0.2) is 33.1 Å². The molecular formula is C8H17NO2. The molecule has 0 aromatic rings. The first-order valence-electron chi connectivity index (χ1n) is 4.01. The molecule has 1 fully saturated rings. The largest absolute Gasteiger partial charge is 0.356 e. The van der Waals surface area contributed by atoms with Crippen LogP contribution in [0.4, 0.5) is 0 Å². The fourth-order valence-electron chi connectivity index (χ4n) is 1.29. The predicted octanol–water partition coefficient (Wildman–Crippen LogP) is 0.747. The Morgan fingerprint density at radius 2 is 1.91 bits per heavy atom. The molecule has 0 heterocycles. The molecule has 66 valence electrons. The number of ether oxygens (including phenoxy) is 2. The van der Waals surface area contributed by atoms with Gasteiger partial charge in [-0.05, 0) is 19.9 Å². The highest BCUT2D eigenvalue weighted by atomic mass is 16.7. The van der Waals surface area contributed by atoms with E-state index in [2.05, 4.69) is 5.32 Å². The number of methoxy groups -OCH3 is 2. The smallest absolute Gasteiger partial charge is 0.158 e. The Balaban J connectivity index is 2.27. The summed E-state index contributed by atoms with van der Waals surface area (Å²) in [5.74, 6) is 0. The summed E-state index contributed by atoms with van der Waals surface area (Å²) in [7, 11) is 5.36. The third kappa shape index (κ3) is 2.15. The standard InChI is InChI=1S/C8H17NO2/c1-9-8(4-5-8)6-7(10-2)11-3/h7,9H,4-6H2,1-3H3. The molecule has 3 nitrogen and oxygen atoms in total. The highest BCUT2D eigenvalue weighted by Gasteiger charge is 2.42. The van der Waals surface area contributed by atoms with Crippen LogP contribution < -0.4 is 5.32 Å². The van der Waals surface area contributed by atoms with Gasteiger partial charge in [0.15, 0.2) is 6.29 Å². The van der Waals surface area contributed by atoms with Crippen molar-refractivity contribution < 1.29 is 9.47 Å². The quantitative estimate of drug-likeness (QED) is 0.600. The highest BCUT2D eigenvalue weighted by Crippen LogP contribution is 2.39. The van der Waals surface area contributed by atoms with E-state index in [1.54, 1.807) is 14.2 Å². The minimum absolute atomic E-state index is 0.0510. The lowest BCUT2D eigenvalue weighted by atomic mass is 10.2. The van der Waals surface area contributed by atoms with E-state index in [-0.39, 0.29) is 6.29 Å². The van der Waals surface area contributed by atoms with E-state index in [1.807, 2.05) is 7.05 Å². The molecule has 1 aliphatic rings. The zero-order chi connectivity index (χ0) is 8.32. The van der Waals surface area contributed by atoms with Crippen LogP contribution in [0.2, 0.25) is 0 Å². The van der Waals surface area contributed by atoms with Gasteiger partial charge in [0.2, 0.25) is 0 Å². The van der Waals surface area contributed by atoms with Crippen molar-refractivity contribution in [1.82, 2.24) is 5.32 Å². The molecule has 0 aliphatic heterocycles. The summed E-state index contributed by atoms with van der Waals surface area (Å²) in [6.45, 7) is 0. The summed E-state index contributed by atoms with van der Waals surface area (Å²) >= 11 is 0. The van der Waals surface area contributed by atoms with Gasteiger partial charge in [0.1, 0.15) is 0 Å². The second kappa shape index (κ2) is 3.52. The molecular weight excluding hydrogens is 142 g/mol. The van der Waals surface area contributed by atoms with Crippen molar-refractivity contribution in [3.05, 3.63) is 0 Å². The molecule has 0 aromatic carbocycles. The zero-order valence-corrected chi connectivity index (χ0v) is 7.52. The predicted molar refractivity (Wildman–Crippen MR) is 43.4 cm³/mol. The van der Waals surface area contributed by atoms with E-state index in [0.717, 1.165) is 6.42 Å². The fraction of sp³-hybridized carbons (Fsp3) is 1.00. The highest BCUT2D eigenvalue weighted by molar-refractivity contribution is 5.01. The van der Waals surface area contributed by atoms with Gasteiger partial charge in [-0.15, -0.1) is 0 Å². The van der Waals surface area contributed by atoms with E-state index in [0.29, 0.717) is 5.54 Å². The molecule has 1 saturated carbocycles. The summed E-state index contributed by atoms with van der Waals surface area (Å²) in [5.41, 5.74) is 0.316. The van der Waals surface area contributed by atoms with E-state index >= 15 is 0 Å². The lowest BCUT2D eigenvalue weighted by molar-refractivity contribution is -0.112. The summed E-state index contributed by atoms with van der Waals surface area (Å²) < 4.78 is 10.2. The Bertz CT molecular complexity index is 119. The molecule has 0 saturated heterocycles. The van der Waals surface area contributed by atoms with Gasteiger partial charge in [-0.25, -0.2) is 0 Å². The van der Waals surface area contributed by atoms with Crippen molar-refractivity contribution in [3.63, 3.8) is 0 Å². The van der Waals surface area contributed by atoms with E-state index in [9.17, 15) is 0 Å². The number of nitrogens with one attached hydrogen (secondary N) is 1. The van der Waals surface area contributed by atoms with Crippen LogP contribution in [0, 0.1) is 0 Å². The van der Waals surface area contributed by atoms with Crippen LogP contribution in [0.1, 0.15) is 19.3 Å². The molecule has 0 aromatic heterocycles. The van der Waals surface area contributed by atoms with Crippen molar-refractivity contribution in [2.45, 2.75) is 31.1 Å². The zero-order valence-electron chi connectivity index (χ0n) is 7.52. The van der Waals surface area contributed by atoms with Crippen molar-refractivity contribution in [3.8, 4) is 0 Å². The van der Waals surface area contributed by atoms with Gasteiger partial charge >= 0.3 is 0 Å². The normalized spacial score (nSPS) is 20.7. The molecule has 3 heteroatoms. The lowest BCUT2D eigenvalue weighted by Gasteiger charge is -2.20. The first-order chi connectivity index (χ1) is 5.26. The SMILES string of the molecule is CNC1(CC(OC)OC)CC1. The average Bonchev–Trinajstić information content (AvgIpc) is 2.81. The van der Waals surface area contributed by atoms with Crippen molar-refractivity contribution in [2.75, 3.05) is 21.3 Å². The second-order valence-corrected chi connectivity index (χ2v) is 3.14. The second-order valence-electron chi connectivity index (χ2n) is 3.14. The summed E-state index contributed by atoms with van der Waals surface area (Å²) in [5, 5.41) is 3.29. The number of rotatable bonds is 5. The minimum atomic E-state index is -0.0510. The Kier molecular flexibility index (Phi) is 2.87. The molecule has 0 amide bonds. The molecule has 0 radical (unpaired) electrons. The van der Waals surface area contributed by atoms with Crippen molar-refractivity contribution in [2.24, 2.45) is 0 Å². The molecule has 1 aliphatic carbocycles. The van der Waals surface area contributed by atoms with Gasteiger partial charge in [0.25, 0.3) is 0 Å². The van der Waals surface area contributed by atoms with Crippen LogP contribution in [0.5, 0.6) is 0 Å². The maximum atomic E-state index is 5.11. The van der Waals surface area contributed by atoms with Crippen LogP contribution in [0.3, 0.4) is 0 Å². The van der Waals surface area contributed by atoms with Crippen molar-refractivity contribution >= 4 is 0 Å². The van der Waals surface area contributed by atoms with E-state index < -0.39 is 0 Å². The first-order valence-corrected chi connectivity index (χ1v) is 4.01. The van der Waals surface area contributed by atoms with Crippen LogP contribution in [-0.2, 0) is 9.47 Å². The van der Waals surface area contributed by atoms with E-state index in [4.69, 9.17) is 9.47 Å². The minimum Gasteiger partial charge on any atom is -0.356 e. The molecule has 0 atom stereocenters. The Hall–Kier alpha value is -0.120. The lowest BCUT2D eigenvalue weighted by Crippen LogP contribution is -2.33. The van der Waals surface area contributed by atoms with Crippen LogP contribution >= 0.6 is 0 Å². The van der Waals surface area contributed by atoms with Gasteiger partial charge in [0, 0.05) is 26.2 Å². The van der Waals surface area contributed by atoms with Gasteiger partial charge in [0.05, 0.1) is 0 Å². The van der Waals surface area contributed by atoms with Crippen LogP contribution in [0.15, 0.2) is 0 Å². The topological polar surface area (TPSA) is 30.5 Å². The summed E-state index contributed by atoms with van der Waals surface area (Å²) in [6, 6.07) is 0. The third-order valence-corrected chi connectivity index (χ3v) is 2.47. The maximum absolute atomic E-state index is 5.11. The number of hydrogen-bond acceptors (Lipinski definition) is 3. The Morgan fingerprint density at radius 3 is 2.18 bits per heavy atom. The maximum Gasteiger partial charge on any atom is 0.158 e. The average molecular weight is 159 g/mol. The monoisotopic (exact) mass is 159 g/mol. The first kappa shape index (κ1) is 8.97. The molecule has 1 rings (SSSR count). The fourth-order valence-corrected chi connectivity index (χ4v) is 1.29. The number of hydrogen-bond donors (Lipinski definition) is 1. The molecule has 1 N–H and O–H groups in total. The molecule has 0 bridgehead atoms. The summed E-state index contributed by atoms with van der Waals surface area (Å²) in [6.07, 6.45) is 3.39. The summed E-state index contributed by atoms with van der Waals surface area (Å²) in [4.78, 5) is 0. The molecule has 11 heavy (non-hydrogen) atoms. The van der Waals surface area contributed by atoms with Crippen molar-refractivity contribution in [1.29, 1.82) is 0 Å².